The maximum absolute atomic E-state index is 10.4. The van der Waals surface area contributed by atoms with E-state index in [1.54, 1.807) is 16.2 Å². The largest absolute Gasteiger partial charge is 0.351 e. The normalized spacial score (nSPS) is 8.00. The van der Waals surface area contributed by atoms with Gasteiger partial charge < -0.3 is 11.5 Å². The molecule has 0 aliphatic carbocycles. The van der Waals surface area contributed by atoms with Gasteiger partial charge in [-0.3, -0.25) is 5.32 Å². The van der Waals surface area contributed by atoms with Gasteiger partial charge in [0, 0.05) is 0 Å². The third-order valence-electron chi connectivity index (χ3n) is 0.536. The third kappa shape index (κ3) is 5.89. The molecule has 0 heterocycles. The predicted octanol–water partition coefficient (Wildman–Crippen LogP) is -2.05. The van der Waals surface area contributed by atoms with Crippen molar-refractivity contribution in [3.8, 4) is 0 Å². The molecule has 0 fully saturated rings. The molecule has 0 saturated heterocycles. The summed E-state index contributed by atoms with van der Waals surface area (Å²) in [5.41, 5.74) is 12.6. The number of hydrogen-bond donors (Lipinski definition) is 5. The molecule has 0 aromatic carbocycles. The lowest BCUT2D eigenvalue weighted by Crippen LogP contribution is -2.51. The molecule has 11 heavy (non-hydrogen) atoms. The smallest absolute Gasteiger partial charge is 0.341 e. The van der Waals surface area contributed by atoms with Gasteiger partial charge in [-0.1, -0.05) is 0 Å². The zero-order valence-electron chi connectivity index (χ0n) is 5.38. The number of hydrogen-bond acceptors (Lipinski definition) is 3. The average molecular weight is 161 g/mol. The molecule has 0 rings (SSSR count). The number of primary amides is 2. The molecular formula is C3H7N5O3. The molecule has 62 valence electrons. The van der Waals surface area contributed by atoms with Crippen molar-refractivity contribution >= 4 is 18.1 Å². The number of nitrogens with two attached hydrogens (primary N) is 2. The van der Waals surface area contributed by atoms with Crippen molar-refractivity contribution < 1.29 is 14.4 Å². The molecule has 8 nitrogen and oxygen atoms in total. The van der Waals surface area contributed by atoms with Crippen molar-refractivity contribution in [3.05, 3.63) is 0 Å². The monoisotopic (exact) mass is 161 g/mol. The Bertz CT molecular complexity index is 189. The maximum Gasteiger partial charge on any atom is 0.341 e. The van der Waals surface area contributed by atoms with Gasteiger partial charge in [-0.25, -0.2) is 25.2 Å². The van der Waals surface area contributed by atoms with Crippen molar-refractivity contribution in [2.45, 2.75) is 0 Å². The molecule has 0 saturated carbocycles. The van der Waals surface area contributed by atoms with Crippen molar-refractivity contribution in [1.82, 2.24) is 16.2 Å². The van der Waals surface area contributed by atoms with Crippen LogP contribution >= 0.6 is 0 Å². The molecule has 6 amide bonds. The van der Waals surface area contributed by atoms with Crippen molar-refractivity contribution in [2.75, 3.05) is 0 Å². The van der Waals surface area contributed by atoms with E-state index in [2.05, 4.69) is 11.5 Å². The van der Waals surface area contributed by atoms with Crippen LogP contribution in [0.5, 0.6) is 0 Å². The molecule has 0 aromatic rings. The molecule has 0 aromatic heterocycles. The van der Waals surface area contributed by atoms with Gasteiger partial charge in [0.25, 0.3) is 0 Å². The first kappa shape index (κ1) is 9.01. The van der Waals surface area contributed by atoms with E-state index in [1.807, 2.05) is 0 Å². The molecule has 0 aliphatic rings. The molecule has 0 atom stereocenters. The number of carbonyl (C=O) groups excluding carboxylic acids is 3. The Kier molecular flexibility index (Phi) is 3.22. The number of hydrazine groups is 1. The van der Waals surface area contributed by atoms with Crippen molar-refractivity contribution in [1.29, 1.82) is 0 Å². The van der Waals surface area contributed by atoms with E-state index in [0.717, 1.165) is 0 Å². The highest BCUT2D eigenvalue weighted by Crippen LogP contribution is 1.59. The minimum absolute atomic E-state index is 0.954. The summed E-state index contributed by atoms with van der Waals surface area (Å²) in [6, 6.07) is -2.95. The van der Waals surface area contributed by atoms with E-state index >= 15 is 0 Å². The van der Waals surface area contributed by atoms with Crippen LogP contribution in [0, 0.1) is 0 Å². The van der Waals surface area contributed by atoms with Crippen molar-refractivity contribution in [3.63, 3.8) is 0 Å². The first-order chi connectivity index (χ1) is 5.02. The molecule has 8 heteroatoms. The van der Waals surface area contributed by atoms with Crippen molar-refractivity contribution in [2.24, 2.45) is 11.5 Å². The van der Waals surface area contributed by atoms with Gasteiger partial charge >= 0.3 is 18.1 Å². The molecule has 7 N–H and O–H groups in total. The molecular weight excluding hydrogens is 154 g/mol. The lowest BCUT2D eigenvalue weighted by Gasteiger charge is -2.02. The number of nitrogens with one attached hydrogen (secondary N) is 3. The Hall–Kier alpha value is -1.99. The Balaban J connectivity index is 3.53. The fourth-order valence-corrected chi connectivity index (χ4v) is 0.262. The van der Waals surface area contributed by atoms with Crippen LogP contribution in [0.2, 0.25) is 0 Å². The van der Waals surface area contributed by atoms with Gasteiger partial charge in [-0.2, -0.15) is 0 Å². The Morgan fingerprint density at radius 3 is 1.82 bits per heavy atom. The summed E-state index contributed by atoms with van der Waals surface area (Å²) in [6.45, 7) is 0. The molecule has 0 radical (unpaired) electrons. The van der Waals surface area contributed by atoms with Gasteiger partial charge in [-0.15, -0.1) is 0 Å². The fraction of sp³-hybridized carbons (Fsp3) is 0. The van der Waals surface area contributed by atoms with Gasteiger partial charge in [0.05, 0.1) is 0 Å². The van der Waals surface area contributed by atoms with Gasteiger partial charge in [0.15, 0.2) is 0 Å². The zero-order chi connectivity index (χ0) is 8.85. The lowest BCUT2D eigenvalue weighted by molar-refractivity contribution is 0.223. The number of carbonyl (C=O) groups is 3. The van der Waals surface area contributed by atoms with Gasteiger partial charge in [0.2, 0.25) is 0 Å². The lowest BCUT2D eigenvalue weighted by atomic mass is 10.9. The second-order valence-electron chi connectivity index (χ2n) is 1.43. The first-order valence-electron chi connectivity index (χ1n) is 2.44. The van der Waals surface area contributed by atoms with Crippen LogP contribution in [0.1, 0.15) is 0 Å². The maximum atomic E-state index is 10.4. The van der Waals surface area contributed by atoms with Gasteiger partial charge in [-0.05, 0) is 0 Å². The first-order valence-corrected chi connectivity index (χ1v) is 2.44. The summed E-state index contributed by atoms with van der Waals surface area (Å²) in [7, 11) is 0. The number of amides is 6. The van der Waals surface area contributed by atoms with E-state index in [-0.39, 0.29) is 0 Å². The molecule has 0 bridgehead atoms. The molecule has 0 spiro atoms. The summed E-state index contributed by atoms with van der Waals surface area (Å²) < 4.78 is 0. The summed E-state index contributed by atoms with van der Waals surface area (Å²) in [6.07, 6.45) is 0. The molecule has 0 unspecified atom stereocenters. The van der Waals surface area contributed by atoms with Gasteiger partial charge in [0.1, 0.15) is 0 Å². The third-order valence-corrected chi connectivity index (χ3v) is 0.536. The SMILES string of the molecule is NC(=O)NNC(=O)NC(N)=O. The topological polar surface area (TPSA) is 139 Å². The highest BCUT2D eigenvalue weighted by Gasteiger charge is 2.01. The second-order valence-corrected chi connectivity index (χ2v) is 1.43. The number of rotatable bonds is 0. The summed E-state index contributed by atoms with van der Waals surface area (Å²) >= 11 is 0. The van der Waals surface area contributed by atoms with E-state index in [9.17, 15) is 14.4 Å². The quantitative estimate of drug-likeness (QED) is 0.261. The van der Waals surface area contributed by atoms with Crippen LogP contribution in [-0.2, 0) is 0 Å². The summed E-state index contributed by atoms with van der Waals surface area (Å²) in [4.78, 5) is 30.3. The van der Waals surface area contributed by atoms with E-state index in [0.29, 0.717) is 0 Å². The van der Waals surface area contributed by atoms with E-state index < -0.39 is 18.1 Å². The summed E-state index contributed by atoms with van der Waals surface area (Å²) in [5.74, 6) is 0. The zero-order valence-corrected chi connectivity index (χ0v) is 5.38. The van der Waals surface area contributed by atoms with E-state index in [4.69, 9.17) is 0 Å². The van der Waals surface area contributed by atoms with Crippen LogP contribution in [-0.4, -0.2) is 18.1 Å². The standard InChI is InChI=1S/C3H7N5O3/c4-1(9)6-3(11)8-7-2(5)10/h(H3,5,7,10)(H4,4,6,8,9,11). The molecule has 0 aliphatic heterocycles. The van der Waals surface area contributed by atoms with Crippen LogP contribution in [0.4, 0.5) is 14.4 Å². The van der Waals surface area contributed by atoms with Crippen LogP contribution in [0.25, 0.3) is 0 Å². The number of urea groups is 3. The van der Waals surface area contributed by atoms with Crippen LogP contribution < -0.4 is 27.6 Å². The fourth-order valence-electron chi connectivity index (χ4n) is 0.262. The summed E-state index contributed by atoms with van der Waals surface area (Å²) in [5, 5.41) is 1.62. The van der Waals surface area contributed by atoms with E-state index in [1.165, 1.54) is 0 Å². The Labute approximate surface area is 61.3 Å². The minimum atomic E-state index is -1.03. The predicted molar refractivity (Wildman–Crippen MR) is 34.0 cm³/mol. The van der Waals surface area contributed by atoms with Crippen LogP contribution in [0.3, 0.4) is 0 Å². The number of imide groups is 1. The Morgan fingerprint density at radius 1 is 0.909 bits per heavy atom. The highest BCUT2D eigenvalue weighted by atomic mass is 16.2. The second kappa shape index (κ2) is 3.93. The minimum Gasteiger partial charge on any atom is -0.351 e. The Morgan fingerprint density at radius 2 is 1.45 bits per heavy atom. The average Bonchev–Trinajstić information content (AvgIpc) is 1.82. The highest BCUT2D eigenvalue weighted by molar-refractivity contribution is 5.93. The van der Waals surface area contributed by atoms with Crippen LogP contribution in [0.15, 0.2) is 0 Å².